The zero-order valence-electron chi connectivity index (χ0n) is 6.46. The van der Waals surface area contributed by atoms with E-state index in [1.54, 1.807) is 0 Å². The number of carbonyl (C=O) groups is 1. The summed E-state index contributed by atoms with van der Waals surface area (Å²) in [5.41, 5.74) is 0. The lowest BCUT2D eigenvalue weighted by atomic mass is 10.3. The monoisotopic (exact) mass is 143 g/mol. The summed E-state index contributed by atoms with van der Waals surface area (Å²) in [6, 6.07) is 0. The van der Waals surface area contributed by atoms with Gasteiger partial charge in [-0.15, -0.1) is 0 Å². The molecule has 1 aliphatic heterocycles. The quantitative estimate of drug-likeness (QED) is 0.493. The number of morpholine rings is 1. The molecular formula is C7H13NO2. The SMILES string of the molecule is CCN1CC(=O)O[C@@H](C)C1. The molecule has 0 aliphatic carbocycles. The van der Waals surface area contributed by atoms with Gasteiger partial charge in [0.25, 0.3) is 0 Å². The second-order valence-corrected chi connectivity index (χ2v) is 2.63. The van der Waals surface area contributed by atoms with Gasteiger partial charge in [0, 0.05) is 6.54 Å². The highest BCUT2D eigenvalue weighted by atomic mass is 16.5. The second kappa shape index (κ2) is 3.01. The molecule has 1 fully saturated rings. The molecule has 0 aromatic carbocycles. The van der Waals surface area contributed by atoms with Crippen LogP contribution in [0.2, 0.25) is 0 Å². The zero-order valence-corrected chi connectivity index (χ0v) is 6.46. The van der Waals surface area contributed by atoms with E-state index in [1.165, 1.54) is 0 Å². The summed E-state index contributed by atoms with van der Waals surface area (Å²) in [6.07, 6.45) is 0.0706. The van der Waals surface area contributed by atoms with E-state index >= 15 is 0 Å². The van der Waals surface area contributed by atoms with Gasteiger partial charge in [-0.2, -0.15) is 0 Å². The van der Waals surface area contributed by atoms with Crippen molar-refractivity contribution in [1.29, 1.82) is 0 Å². The van der Waals surface area contributed by atoms with Crippen LogP contribution in [-0.2, 0) is 9.53 Å². The number of hydrogen-bond donors (Lipinski definition) is 0. The molecule has 1 aliphatic rings. The lowest BCUT2D eigenvalue weighted by Gasteiger charge is -2.28. The van der Waals surface area contributed by atoms with Crippen LogP contribution < -0.4 is 0 Å². The standard InChI is InChI=1S/C7H13NO2/c1-3-8-4-6(2)10-7(9)5-8/h6H,3-5H2,1-2H3/t6-/m0/s1. The Morgan fingerprint density at radius 1 is 1.80 bits per heavy atom. The van der Waals surface area contributed by atoms with E-state index in [1.807, 2.05) is 13.8 Å². The van der Waals surface area contributed by atoms with Crippen LogP contribution in [0, 0.1) is 0 Å². The smallest absolute Gasteiger partial charge is 0.320 e. The molecular weight excluding hydrogens is 130 g/mol. The number of nitrogens with zero attached hydrogens (tertiary/aromatic N) is 1. The molecule has 0 amide bonds. The van der Waals surface area contributed by atoms with Crippen molar-refractivity contribution in [2.75, 3.05) is 19.6 Å². The number of carbonyl (C=O) groups excluding carboxylic acids is 1. The molecule has 0 bridgehead atoms. The van der Waals surface area contributed by atoms with Crippen molar-refractivity contribution in [2.24, 2.45) is 0 Å². The van der Waals surface area contributed by atoms with Crippen molar-refractivity contribution in [3.63, 3.8) is 0 Å². The molecule has 1 atom stereocenters. The van der Waals surface area contributed by atoms with E-state index in [0.717, 1.165) is 13.1 Å². The first-order valence-corrected chi connectivity index (χ1v) is 3.64. The molecule has 0 N–H and O–H groups in total. The molecule has 0 aromatic rings. The molecule has 1 heterocycles. The van der Waals surface area contributed by atoms with E-state index in [9.17, 15) is 4.79 Å². The van der Waals surface area contributed by atoms with Gasteiger partial charge in [0.15, 0.2) is 0 Å². The van der Waals surface area contributed by atoms with Gasteiger partial charge >= 0.3 is 5.97 Å². The van der Waals surface area contributed by atoms with Crippen LogP contribution >= 0.6 is 0 Å². The maximum atomic E-state index is 10.8. The molecule has 0 saturated carbocycles. The summed E-state index contributed by atoms with van der Waals surface area (Å²) in [5.74, 6) is -0.0967. The lowest BCUT2D eigenvalue weighted by Crippen LogP contribution is -2.43. The van der Waals surface area contributed by atoms with E-state index in [2.05, 4.69) is 4.90 Å². The van der Waals surface area contributed by atoms with Crippen LogP contribution in [0.25, 0.3) is 0 Å². The zero-order chi connectivity index (χ0) is 7.56. The largest absolute Gasteiger partial charge is 0.460 e. The minimum absolute atomic E-state index is 0.0706. The molecule has 10 heavy (non-hydrogen) atoms. The van der Waals surface area contributed by atoms with E-state index < -0.39 is 0 Å². The van der Waals surface area contributed by atoms with E-state index in [-0.39, 0.29) is 12.1 Å². The summed E-state index contributed by atoms with van der Waals surface area (Å²) >= 11 is 0. The van der Waals surface area contributed by atoms with Crippen molar-refractivity contribution < 1.29 is 9.53 Å². The molecule has 0 aromatic heterocycles. The number of cyclic esters (lactones) is 1. The lowest BCUT2D eigenvalue weighted by molar-refractivity contribution is -0.157. The second-order valence-electron chi connectivity index (χ2n) is 2.63. The van der Waals surface area contributed by atoms with Gasteiger partial charge in [-0.25, -0.2) is 0 Å². The van der Waals surface area contributed by atoms with Gasteiger partial charge in [-0.1, -0.05) is 6.92 Å². The first-order valence-electron chi connectivity index (χ1n) is 3.64. The van der Waals surface area contributed by atoms with Crippen molar-refractivity contribution in [3.05, 3.63) is 0 Å². The molecule has 0 radical (unpaired) electrons. The number of esters is 1. The normalized spacial score (nSPS) is 28.2. The maximum absolute atomic E-state index is 10.8. The Kier molecular flexibility index (Phi) is 2.27. The molecule has 1 saturated heterocycles. The van der Waals surface area contributed by atoms with Gasteiger partial charge in [-0.3, -0.25) is 9.69 Å². The fourth-order valence-corrected chi connectivity index (χ4v) is 1.15. The number of ether oxygens (including phenoxy) is 1. The fraction of sp³-hybridized carbons (Fsp3) is 0.857. The Morgan fingerprint density at radius 2 is 2.50 bits per heavy atom. The number of rotatable bonds is 1. The Balaban J connectivity index is 2.42. The van der Waals surface area contributed by atoms with Crippen molar-refractivity contribution in [3.8, 4) is 0 Å². The summed E-state index contributed by atoms with van der Waals surface area (Å²) in [7, 11) is 0. The summed E-state index contributed by atoms with van der Waals surface area (Å²) in [5, 5.41) is 0. The highest BCUT2D eigenvalue weighted by Crippen LogP contribution is 2.03. The predicted octanol–water partition coefficient (Wildman–Crippen LogP) is 0.254. The highest BCUT2D eigenvalue weighted by Gasteiger charge is 2.21. The van der Waals surface area contributed by atoms with E-state index in [0.29, 0.717) is 6.54 Å². The van der Waals surface area contributed by atoms with Crippen LogP contribution in [0.4, 0.5) is 0 Å². The summed E-state index contributed by atoms with van der Waals surface area (Å²) in [4.78, 5) is 12.9. The van der Waals surface area contributed by atoms with Crippen molar-refractivity contribution in [1.82, 2.24) is 4.90 Å². The topological polar surface area (TPSA) is 29.5 Å². The van der Waals surface area contributed by atoms with Crippen molar-refractivity contribution >= 4 is 5.97 Å². The van der Waals surface area contributed by atoms with Gasteiger partial charge in [0.05, 0.1) is 6.54 Å². The maximum Gasteiger partial charge on any atom is 0.320 e. The third-order valence-electron chi connectivity index (χ3n) is 1.65. The van der Waals surface area contributed by atoms with Gasteiger partial charge in [-0.05, 0) is 13.5 Å². The van der Waals surface area contributed by atoms with Crippen LogP contribution in [0.15, 0.2) is 0 Å². The average Bonchev–Trinajstić information content (AvgIpc) is 1.85. The number of likely N-dealkylation sites (N-methyl/N-ethyl adjacent to an activating group) is 1. The minimum atomic E-state index is -0.0967. The fourth-order valence-electron chi connectivity index (χ4n) is 1.15. The third-order valence-corrected chi connectivity index (χ3v) is 1.65. The van der Waals surface area contributed by atoms with Crippen LogP contribution in [0.1, 0.15) is 13.8 Å². The molecule has 0 unspecified atom stereocenters. The Labute approximate surface area is 61.0 Å². The number of hydrogen-bond acceptors (Lipinski definition) is 3. The van der Waals surface area contributed by atoms with Crippen LogP contribution in [-0.4, -0.2) is 36.6 Å². The van der Waals surface area contributed by atoms with Crippen LogP contribution in [0.5, 0.6) is 0 Å². The molecule has 3 heteroatoms. The van der Waals surface area contributed by atoms with Gasteiger partial charge < -0.3 is 4.74 Å². The summed E-state index contributed by atoms with van der Waals surface area (Å²) in [6.45, 7) is 6.23. The predicted molar refractivity (Wildman–Crippen MR) is 37.7 cm³/mol. The summed E-state index contributed by atoms with van der Waals surface area (Å²) < 4.78 is 4.94. The molecule has 0 spiro atoms. The first-order chi connectivity index (χ1) is 4.72. The third kappa shape index (κ3) is 1.70. The minimum Gasteiger partial charge on any atom is -0.460 e. The molecule has 58 valence electrons. The Bertz CT molecular complexity index is 136. The van der Waals surface area contributed by atoms with Gasteiger partial charge in [0.2, 0.25) is 0 Å². The van der Waals surface area contributed by atoms with E-state index in [4.69, 9.17) is 4.74 Å². The van der Waals surface area contributed by atoms with Gasteiger partial charge in [0.1, 0.15) is 6.10 Å². The van der Waals surface area contributed by atoms with Crippen LogP contribution in [0.3, 0.4) is 0 Å². The Morgan fingerprint density at radius 3 is 3.00 bits per heavy atom. The first kappa shape index (κ1) is 7.54. The highest BCUT2D eigenvalue weighted by molar-refractivity contribution is 5.72. The average molecular weight is 143 g/mol. The molecule has 1 rings (SSSR count). The molecule has 3 nitrogen and oxygen atoms in total. The van der Waals surface area contributed by atoms with Crippen molar-refractivity contribution in [2.45, 2.75) is 20.0 Å². The Hall–Kier alpha value is -0.570.